The number of carbonyl (C=O) groups is 1. The normalized spacial score (nSPS) is 15.0. The van der Waals surface area contributed by atoms with Crippen LogP contribution in [0.5, 0.6) is 0 Å². The van der Waals surface area contributed by atoms with Gasteiger partial charge in [-0.15, -0.1) is 0 Å². The van der Waals surface area contributed by atoms with Crippen molar-refractivity contribution < 1.29 is 9.53 Å². The molecule has 0 amide bonds. The zero-order valence-electron chi connectivity index (χ0n) is 32.7. The van der Waals surface area contributed by atoms with Crippen molar-refractivity contribution in [3.8, 4) is 0 Å². The smallest absolute Gasteiger partial charge is 0.340 e. The summed E-state index contributed by atoms with van der Waals surface area (Å²) in [6.07, 6.45) is 6.31. The molecule has 0 saturated carbocycles. The molecule has 0 saturated heterocycles. The van der Waals surface area contributed by atoms with Gasteiger partial charge in [0.15, 0.2) is 5.60 Å². The van der Waals surface area contributed by atoms with Crippen molar-refractivity contribution in [2.45, 2.75) is 61.0 Å². The van der Waals surface area contributed by atoms with Gasteiger partial charge in [0.05, 0.1) is 5.56 Å². The lowest BCUT2D eigenvalue weighted by Gasteiger charge is -2.28. The van der Waals surface area contributed by atoms with Crippen LogP contribution in [0.15, 0.2) is 109 Å². The summed E-state index contributed by atoms with van der Waals surface area (Å²) in [7, 11) is 0. The fourth-order valence-electron chi connectivity index (χ4n) is 7.53. The summed E-state index contributed by atoms with van der Waals surface area (Å²) in [4.78, 5) is 23.1. The number of esters is 1. The van der Waals surface area contributed by atoms with Crippen LogP contribution < -0.4 is 19.6 Å². The summed E-state index contributed by atoms with van der Waals surface area (Å²) in [5.74, 6) is -0.301. The summed E-state index contributed by atoms with van der Waals surface area (Å²) >= 11 is 0. The van der Waals surface area contributed by atoms with Crippen molar-refractivity contribution in [1.82, 2.24) is 0 Å². The molecule has 1 aliphatic heterocycles. The third-order valence-corrected chi connectivity index (χ3v) is 10.6. The van der Waals surface area contributed by atoms with Crippen LogP contribution in [0.4, 0.5) is 22.7 Å². The number of rotatable bonds is 17. The van der Waals surface area contributed by atoms with Gasteiger partial charge >= 0.3 is 5.97 Å². The molecule has 1 aliphatic rings. The number of cyclic esters (lactones) is 1. The van der Waals surface area contributed by atoms with E-state index < -0.39 is 5.60 Å². The van der Waals surface area contributed by atoms with Crippen LogP contribution in [0.3, 0.4) is 0 Å². The fourth-order valence-corrected chi connectivity index (χ4v) is 7.53. The van der Waals surface area contributed by atoms with Gasteiger partial charge in [-0.2, -0.15) is 0 Å². The molecule has 4 aromatic carbocycles. The minimum Gasteiger partial charge on any atom is -0.441 e. The first kappa shape index (κ1) is 38.3. The molecule has 5 rings (SSSR count). The van der Waals surface area contributed by atoms with Crippen molar-refractivity contribution in [3.05, 3.63) is 137 Å². The highest BCUT2D eigenvalue weighted by Crippen LogP contribution is 2.45. The van der Waals surface area contributed by atoms with E-state index in [0.29, 0.717) is 5.56 Å². The lowest BCUT2D eigenvalue weighted by Crippen LogP contribution is -2.26. The molecule has 1 heterocycles. The predicted molar refractivity (Wildman–Crippen MR) is 222 cm³/mol. The molecule has 6 heteroatoms. The average molecular weight is 699 g/mol. The summed E-state index contributed by atoms with van der Waals surface area (Å²) in [6.45, 7) is 24.8. The number of ether oxygens (including phenoxy) is 1. The van der Waals surface area contributed by atoms with Crippen molar-refractivity contribution >= 4 is 34.3 Å². The van der Waals surface area contributed by atoms with Gasteiger partial charge in [0.1, 0.15) is 0 Å². The first-order chi connectivity index (χ1) is 25.3. The van der Waals surface area contributed by atoms with Crippen LogP contribution >= 0.6 is 0 Å². The molecule has 1 atom stereocenters. The Morgan fingerprint density at radius 1 is 0.538 bits per heavy atom. The largest absolute Gasteiger partial charge is 0.441 e. The number of carbonyl (C=O) groups excluding carboxylic acids is 1. The summed E-state index contributed by atoms with van der Waals surface area (Å²) in [5, 5.41) is 0. The van der Waals surface area contributed by atoms with E-state index in [1.807, 2.05) is 6.07 Å². The van der Waals surface area contributed by atoms with Gasteiger partial charge < -0.3 is 24.3 Å². The Bertz CT molecular complexity index is 1750. The molecule has 6 nitrogen and oxygen atoms in total. The first-order valence-electron chi connectivity index (χ1n) is 19.4. The lowest BCUT2D eigenvalue weighted by molar-refractivity contribution is 0.0275. The van der Waals surface area contributed by atoms with E-state index in [-0.39, 0.29) is 5.97 Å². The van der Waals surface area contributed by atoms with E-state index >= 15 is 0 Å². The number of fused-ring (bicyclic) bond motifs is 1. The second-order valence-corrected chi connectivity index (χ2v) is 13.1. The maximum Gasteiger partial charge on any atom is 0.340 e. The first-order valence-corrected chi connectivity index (χ1v) is 19.4. The third-order valence-electron chi connectivity index (χ3n) is 10.6. The SMILES string of the molecule is CCN(CC)c1ccc(C(=CC=CC2(c3ccc(N(CC)CC)cc3)OC(=O)c3cc(N(CC)CC)ccc32)c2ccc(N(CC)CC)cc2)cc1. The molecule has 0 radical (unpaired) electrons. The highest BCUT2D eigenvalue weighted by Gasteiger charge is 2.45. The van der Waals surface area contributed by atoms with E-state index in [2.05, 4.69) is 178 Å². The zero-order chi connectivity index (χ0) is 37.3. The molecule has 0 N–H and O–H groups in total. The third kappa shape index (κ3) is 7.77. The molecule has 1 unspecified atom stereocenters. The second kappa shape index (κ2) is 17.5. The van der Waals surface area contributed by atoms with Crippen molar-refractivity contribution in [2.24, 2.45) is 0 Å². The zero-order valence-corrected chi connectivity index (χ0v) is 32.7. The van der Waals surface area contributed by atoms with Crippen LogP contribution in [-0.4, -0.2) is 58.3 Å². The topological polar surface area (TPSA) is 39.3 Å². The molecule has 274 valence electrons. The van der Waals surface area contributed by atoms with Gasteiger partial charge in [-0.3, -0.25) is 0 Å². The van der Waals surface area contributed by atoms with Gasteiger partial charge in [0.2, 0.25) is 0 Å². The Balaban J connectivity index is 1.65. The standard InChI is InChI=1S/C46H58N4O2/c1-9-47(10-2)38-25-19-35(20-26-38)42(36-21-27-39(28-22-36)48(11-3)12-4)18-17-33-46(37-23-29-40(30-24-37)49(13-5)14-6)44-32-31-41(50(15-7)16-8)34-43(44)45(51)52-46/h17-34H,9-16H2,1-8H3. The van der Waals surface area contributed by atoms with Crippen molar-refractivity contribution in [2.75, 3.05) is 72.0 Å². The van der Waals surface area contributed by atoms with Crippen LogP contribution in [0.25, 0.3) is 5.57 Å². The summed E-state index contributed by atoms with van der Waals surface area (Å²) in [5.41, 5.74) is 9.29. The monoisotopic (exact) mass is 698 g/mol. The quantitative estimate of drug-likeness (QED) is 0.0808. The lowest BCUT2D eigenvalue weighted by atomic mass is 9.84. The number of allylic oxidation sites excluding steroid dienone is 2. The van der Waals surface area contributed by atoms with E-state index in [1.54, 1.807) is 0 Å². The van der Waals surface area contributed by atoms with Crippen molar-refractivity contribution in [1.29, 1.82) is 0 Å². The number of anilines is 4. The molecule has 0 bridgehead atoms. The Morgan fingerprint density at radius 3 is 1.35 bits per heavy atom. The summed E-state index contributed by atoms with van der Waals surface area (Å²) in [6, 6.07) is 32.4. The molecule has 0 aromatic heterocycles. The van der Waals surface area contributed by atoms with Gasteiger partial charge in [-0.25, -0.2) is 4.79 Å². The molecule has 0 fully saturated rings. The molecule has 4 aromatic rings. The van der Waals surface area contributed by atoms with E-state index in [4.69, 9.17) is 4.74 Å². The van der Waals surface area contributed by atoms with Gasteiger partial charge in [0, 0.05) is 86.2 Å². The van der Waals surface area contributed by atoms with Crippen molar-refractivity contribution in [3.63, 3.8) is 0 Å². The Labute approximate surface area is 313 Å². The van der Waals surface area contributed by atoms with Crippen LogP contribution in [0, 0.1) is 0 Å². The highest BCUT2D eigenvalue weighted by molar-refractivity contribution is 5.97. The average Bonchev–Trinajstić information content (AvgIpc) is 3.47. The summed E-state index contributed by atoms with van der Waals surface area (Å²) < 4.78 is 6.49. The van der Waals surface area contributed by atoms with Gasteiger partial charge in [0.25, 0.3) is 0 Å². The molecule has 0 spiro atoms. The maximum absolute atomic E-state index is 13.8. The number of nitrogens with zero attached hydrogens (tertiary/aromatic N) is 4. The van der Waals surface area contributed by atoms with Gasteiger partial charge in [-0.05, 0) is 127 Å². The Hall–Kier alpha value is -4.97. The fraction of sp³-hybridized carbons (Fsp3) is 0.370. The van der Waals surface area contributed by atoms with Crippen LogP contribution in [0.2, 0.25) is 0 Å². The van der Waals surface area contributed by atoms with E-state index in [0.717, 1.165) is 91.6 Å². The van der Waals surface area contributed by atoms with E-state index in [1.165, 1.54) is 11.4 Å². The Kier molecular flexibility index (Phi) is 12.9. The van der Waals surface area contributed by atoms with Crippen LogP contribution in [-0.2, 0) is 10.3 Å². The molecule has 52 heavy (non-hydrogen) atoms. The Morgan fingerprint density at radius 2 is 0.923 bits per heavy atom. The predicted octanol–water partition coefficient (Wildman–Crippen LogP) is 10.2. The highest BCUT2D eigenvalue weighted by atomic mass is 16.6. The second-order valence-electron chi connectivity index (χ2n) is 13.1. The van der Waals surface area contributed by atoms with E-state index in [9.17, 15) is 4.79 Å². The number of hydrogen-bond donors (Lipinski definition) is 0. The molecule has 0 aliphatic carbocycles. The minimum atomic E-state index is -1.07. The molecular weight excluding hydrogens is 641 g/mol. The van der Waals surface area contributed by atoms with Crippen LogP contribution in [0.1, 0.15) is 88.0 Å². The molecular formula is C46H58N4O2. The maximum atomic E-state index is 13.8. The minimum absolute atomic E-state index is 0.301. The number of hydrogen-bond acceptors (Lipinski definition) is 6. The van der Waals surface area contributed by atoms with Gasteiger partial charge in [-0.1, -0.05) is 54.6 Å². The number of benzene rings is 4.